The van der Waals surface area contributed by atoms with Gasteiger partial charge in [-0.1, -0.05) is 13.8 Å². The molecule has 1 aliphatic rings. The van der Waals surface area contributed by atoms with Crippen LogP contribution in [0.4, 0.5) is 5.82 Å². The number of aliphatic hydroxyl groups is 1. The summed E-state index contributed by atoms with van der Waals surface area (Å²) in [5.74, 6) is 0.716. The minimum absolute atomic E-state index is 0.175. The third-order valence-electron chi connectivity index (χ3n) is 4.44. The van der Waals surface area contributed by atoms with Crippen LogP contribution in [0.25, 0.3) is 0 Å². The van der Waals surface area contributed by atoms with E-state index in [1.807, 2.05) is 13.8 Å². The highest BCUT2D eigenvalue weighted by Crippen LogP contribution is 2.24. The molecule has 2 rings (SSSR count). The fourth-order valence-electron chi connectivity index (χ4n) is 2.99. The van der Waals surface area contributed by atoms with Gasteiger partial charge in [0, 0.05) is 32.2 Å². The molecule has 0 amide bonds. The molecule has 2 heterocycles. The lowest BCUT2D eigenvalue weighted by molar-refractivity contribution is 0.128. The number of hydrogen-bond donors (Lipinski definition) is 1. The van der Waals surface area contributed by atoms with Crippen LogP contribution in [0.1, 0.15) is 37.6 Å². The first kappa shape index (κ1) is 16.7. The predicted molar refractivity (Wildman–Crippen MR) is 85.8 cm³/mol. The van der Waals surface area contributed by atoms with E-state index in [9.17, 15) is 10.4 Å². The summed E-state index contributed by atoms with van der Waals surface area (Å²) in [5, 5.41) is 27.5. The fourth-order valence-corrected chi connectivity index (χ4v) is 2.99. The van der Waals surface area contributed by atoms with Gasteiger partial charge in [0.15, 0.2) is 5.82 Å². The topological polar surface area (TPSA) is 76.3 Å². The molecule has 1 saturated heterocycles. The van der Waals surface area contributed by atoms with Crippen molar-refractivity contribution in [1.82, 2.24) is 15.1 Å². The van der Waals surface area contributed by atoms with E-state index in [0.717, 1.165) is 50.3 Å². The number of rotatable bonds is 5. The van der Waals surface area contributed by atoms with Crippen LogP contribution in [-0.2, 0) is 12.8 Å². The Labute approximate surface area is 132 Å². The first-order valence-electron chi connectivity index (χ1n) is 8.04. The monoisotopic (exact) mass is 303 g/mol. The van der Waals surface area contributed by atoms with Gasteiger partial charge in [0.2, 0.25) is 0 Å². The van der Waals surface area contributed by atoms with Crippen molar-refractivity contribution in [2.75, 3.05) is 37.7 Å². The van der Waals surface area contributed by atoms with Gasteiger partial charge in [-0.3, -0.25) is 4.90 Å². The SMILES string of the molecule is CCc1nnc(N2CCN(C(C)CO)CC2)c(C#N)c1CC. The standard InChI is InChI=1S/C16H25N5O/c1-4-13-14(10-17)16(19-18-15(13)5-2)21-8-6-20(7-9-21)12(3)11-22/h12,22H,4-9,11H2,1-3H3. The molecule has 0 saturated carbocycles. The number of anilines is 1. The summed E-state index contributed by atoms with van der Waals surface area (Å²) in [7, 11) is 0. The molecule has 1 unspecified atom stereocenters. The summed E-state index contributed by atoms with van der Waals surface area (Å²) in [5.41, 5.74) is 2.63. The van der Waals surface area contributed by atoms with Crippen molar-refractivity contribution in [3.8, 4) is 6.07 Å². The lowest BCUT2D eigenvalue weighted by Crippen LogP contribution is -2.51. The lowest BCUT2D eigenvalue weighted by Gasteiger charge is -2.38. The molecular formula is C16H25N5O. The van der Waals surface area contributed by atoms with Crippen LogP contribution in [0.2, 0.25) is 0 Å². The third kappa shape index (κ3) is 3.21. The average Bonchev–Trinajstić information content (AvgIpc) is 2.59. The normalized spacial score (nSPS) is 17.3. The smallest absolute Gasteiger partial charge is 0.169 e. The molecule has 0 radical (unpaired) electrons. The molecule has 1 aromatic rings. The Balaban J connectivity index is 2.22. The summed E-state index contributed by atoms with van der Waals surface area (Å²) in [6, 6.07) is 2.51. The number of nitriles is 1. The highest BCUT2D eigenvalue weighted by Gasteiger charge is 2.25. The van der Waals surface area contributed by atoms with Gasteiger partial charge >= 0.3 is 0 Å². The first-order chi connectivity index (χ1) is 10.7. The molecule has 1 atom stereocenters. The van der Waals surface area contributed by atoms with Crippen LogP contribution in [0.3, 0.4) is 0 Å². The van der Waals surface area contributed by atoms with Gasteiger partial charge in [-0.2, -0.15) is 10.4 Å². The molecule has 0 aliphatic carbocycles. The Bertz CT molecular complexity index is 546. The molecule has 1 aliphatic heterocycles. The number of piperazine rings is 1. The van der Waals surface area contributed by atoms with E-state index in [4.69, 9.17) is 0 Å². The van der Waals surface area contributed by atoms with Gasteiger partial charge in [0.05, 0.1) is 12.3 Å². The highest BCUT2D eigenvalue weighted by molar-refractivity contribution is 5.58. The van der Waals surface area contributed by atoms with Crippen molar-refractivity contribution in [2.24, 2.45) is 0 Å². The molecule has 1 fully saturated rings. The van der Waals surface area contributed by atoms with Crippen molar-refractivity contribution >= 4 is 5.82 Å². The van der Waals surface area contributed by atoms with E-state index in [1.165, 1.54) is 0 Å². The molecular weight excluding hydrogens is 278 g/mol. The minimum atomic E-state index is 0.175. The largest absolute Gasteiger partial charge is 0.395 e. The Morgan fingerprint density at radius 2 is 1.86 bits per heavy atom. The van der Waals surface area contributed by atoms with Crippen LogP contribution in [0.5, 0.6) is 0 Å². The molecule has 22 heavy (non-hydrogen) atoms. The van der Waals surface area contributed by atoms with E-state index in [-0.39, 0.29) is 12.6 Å². The number of hydrogen-bond acceptors (Lipinski definition) is 6. The maximum atomic E-state index is 9.57. The van der Waals surface area contributed by atoms with Crippen LogP contribution in [-0.4, -0.2) is 59.0 Å². The molecule has 0 aromatic carbocycles. The summed E-state index contributed by atoms with van der Waals surface area (Å²) >= 11 is 0. The second-order valence-electron chi connectivity index (χ2n) is 5.70. The molecule has 120 valence electrons. The van der Waals surface area contributed by atoms with E-state index in [0.29, 0.717) is 11.4 Å². The summed E-state index contributed by atoms with van der Waals surface area (Å²) < 4.78 is 0. The van der Waals surface area contributed by atoms with Crippen molar-refractivity contribution < 1.29 is 5.11 Å². The van der Waals surface area contributed by atoms with Gasteiger partial charge in [-0.15, -0.1) is 5.10 Å². The number of aliphatic hydroxyl groups excluding tert-OH is 1. The minimum Gasteiger partial charge on any atom is -0.395 e. The zero-order chi connectivity index (χ0) is 16.1. The molecule has 6 nitrogen and oxygen atoms in total. The second-order valence-corrected chi connectivity index (χ2v) is 5.70. The second kappa shape index (κ2) is 7.52. The lowest BCUT2D eigenvalue weighted by atomic mass is 10.0. The van der Waals surface area contributed by atoms with E-state index < -0.39 is 0 Å². The van der Waals surface area contributed by atoms with Crippen LogP contribution in [0.15, 0.2) is 0 Å². The predicted octanol–water partition coefficient (Wildman–Crippen LogP) is 0.976. The molecule has 1 N–H and O–H groups in total. The molecule has 0 bridgehead atoms. The maximum Gasteiger partial charge on any atom is 0.169 e. The maximum absolute atomic E-state index is 9.57. The van der Waals surface area contributed by atoms with Crippen LogP contribution < -0.4 is 4.90 Å². The van der Waals surface area contributed by atoms with Gasteiger partial charge in [-0.25, -0.2) is 0 Å². The Hall–Kier alpha value is -1.71. The Kier molecular flexibility index (Phi) is 5.69. The van der Waals surface area contributed by atoms with Gasteiger partial charge in [0.1, 0.15) is 11.6 Å². The van der Waals surface area contributed by atoms with Crippen molar-refractivity contribution in [3.63, 3.8) is 0 Å². The Morgan fingerprint density at radius 1 is 1.18 bits per heavy atom. The number of nitrogens with zero attached hydrogens (tertiary/aromatic N) is 5. The molecule has 1 aromatic heterocycles. The first-order valence-corrected chi connectivity index (χ1v) is 8.04. The van der Waals surface area contributed by atoms with E-state index in [2.05, 4.69) is 33.0 Å². The average molecular weight is 303 g/mol. The quantitative estimate of drug-likeness (QED) is 0.873. The number of aryl methyl sites for hydroxylation is 1. The van der Waals surface area contributed by atoms with Gasteiger partial charge in [-0.05, 0) is 25.3 Å². The van der Waals surface area contributed by atoms with Crippen LogP contribution in [0, 0.1) is 11.3 Å². The van der Waals surface area contributed by atoms with Crippen molar-refractivity contribution in [1.29, 1.82) is 5.26 Å². The molecule has 0 spiro atoms. The highest BCUT2D eigenvalue weighted by atomic mass is 16.3. The molecule has 6 heteroatoms. The zero-order valence-corrected chi connectivity index (χ0v) is 13.7. The zero-order valence-electron chi connectivity index (χ0n) is 13.7. The fraction of sp³-hybridized carbons (Fsp3) is 0.688. The van der Waals surface area contributed by atoms with Crippen LogP contribution >= 0.6 is 0 Å². The summed E-state index contributed by atoms with van der Waals surface area (Å²) in [6.07, 6.45) is 1.60. The van der Waals surface area contributed by atoms with Gasteiger partial charge < -0.3 is 10.0 Å². The van der Waals surface area contributed by atoms with Gasteiger partial charge in [0.25, 0.3) is 0 Å². The van der Waals surface area contributed by atoms with E-state index >= 15 is 0 Å². The summed E-state index contributed by atoms with van der Waals surface area (Å²) in [4.78, 5) is 4.40. The van der Waals surface area contributed by atoms with E-state index in [1.54, 1.807) is 0 Å². The number of aromatic nitrogens is 2. The van der Waals surface area contributed by atoms with Crippen molar-refractivity contribution in [3.05, 3.63) is 16.8 Å². The summed E-state index contributed by atoms with van der Waals surface area (Å²) in [6.45, 7) is 9.65. The third-order valence-corrected chi connectivity index (χ3v) is 4.44. The Morgan fingerprint density at radius 3 is 2.36 bits per heavy atom. The van der Waals surface area contributed by atoms with Crippen molar-refractivity contribution in [2.45, 2.75) is 39.7 Å².